The first-order valence-corrected chi connectivity index (χ1v) is 10.6. The van der Waals surface area contributed by atoms with Crippen LogP contribution in [0.15, 0.2) is 120 Å². The average Bonchev–Trinajstić information content (AvgIpc) is 2.82. The number of benzene rings is 4. The minimum atomic E-state index is -0.902. The van der Waals surface area contributed by atoms with E-state index < -0.39 is 5.60 Å². The first-order chi connectivity index (χ1) is 14.7. The van der Waals surface area contributed by atoms with Crippen molar-refractivity contribution in [2.24, 2.45) is 0 Å². The fourth-order valence-corrected chi connectivity index (χ4v) is 4.21. The van der Waals surface area contributed by atoms with Crippen molar-refractivity contribution in [1.29, 1.82) is 0 Å². The first-order valence-electron chi connectivity index (χ1n) is 9.80. The Morgan fingerprint density at radius 3 is 1.47 bits per heavy atom. The molecule has 4 rings (SSSR count). The van der Waals surface area contributed by atoms with Gasteiger partial charge in [-0.05, 0) is 22.8 Å². The largest absolute Gasteiger partial charge is 0.353 e. The van der Waals surface area contributed by atoms with Crippen molar-refractivity contribution in [3.05, 3.63) is 142 Å². The summed E-state index contributed by atoms with van der Waals surface area (Å²) >= 11 is 3.48. The van der Waals surface area contributed by atoms with Crippen LogP contribution in [0.1, 0.15) is 27.0 Å². The minimum absolute atomic E-state index is 0.0543. The predicted molar refractivity (Wildman–Crippen MR) is 124 cm³/mol. The number of rotatable bonds is 7. The van der Waals surface area contributed by atoms with E-state index >= 15 is 0 Å². The molecule has 4 aromatic rings. The van der Waals surface area contributed by atoms with Crippen molar-refractivity contribution in [1.82, 2.24) is 0 Å². The molecule has 0 amide bonds. The third-order valence-corrected chi connectivity index (χ3v) is 5.83. The van der Waals surface area contributed by atoms with E-state index in [9.17, 15) is 4.79 Å². The second-order valence-corrected chi connectivity index (χ2v) is 7.83. The van der Waals surface area contributed by atoms with Crippen LogP contribution in [0.2, 0.25) is 0 Å². The monoisotopic (exact) mass is 456 g/mol. The van der Waals surface area contributed by atoms with Crippen LogP contribution in [0.4, 0.5) is 0 Å². The zero-order chi connectivity index (χ0) is 20.8. The van der Waals surface area contributed by atoms with Gasteiger partial charge in [-0.1, -0.05) is 125 Å². The van der Waals surface area contributed by atoms with Crippen LogP contribution in [-0.4, -0.2) is 12.4 Å². The Morgan fingerprint density at radius 1 is 0.633 bits per heavy atom. The van der Waals surface area contributed by atoms with Crippen LogP contribution in [0.3, 0.4) is 0 Å². The Balaban J connectivity index is 1.83. The van der Waals surface area contributed by atoms with Crippen molar-refractivity contribution in [3.63, 3.8) is 0 Å². The van der Waals surface area contributed by atoms with Gasteiger partial charge in [-0.2, -0.15) is 0 Å². The molecule has 0 aromatic heterocycles. The highest BCUT2D eigenvalue weighted by atomic mass is 79.9. The summed E-state index contributed by atoms with van der Waals surface area (Å²) in [5.74, 6) is -0.0744. The molecule has 0 spiro atoms. The molecule has 0 atom stereocenters. The summed E-state index contributed by atoms with van der Waals surface area (Å²) in [7, 11) is 0. The Kier molecular flexibility index (Phi) is 6.22. The number of carbonyl (C=O) groups is 1. The van der Waals surface area contributed by atoms with E-state index in [1.807, 2.05) is 115 Å². The smallest absolute Gasteiger partial charge is 0.189 e. The van der Waals surface area contributed by atoms with Gasteiger partial charge in [0, 0.05) is 10.0 Å². The lowest BCUT2D eigenvalue weighted by Crippen LogP contribution is -2.35. The summed E-state index contributed by atoms with van der Waals surface area (Å²) < 4.78 is 7.36. The van der Waals surface area contributed by atoms with Crippen LogP contribution in [0.5, 0.6) is 0 Å². The molecule has 3 heteroatoms. The molecule has 148 valence electrons. The summed E-state index contributed by atoms with van der Waals surface area (Å²) in [6, 6.07) is 37.6. The minimum Gasteiger partial charge on any atom is -0.353 e. The first kappa shape index (κ1) is 20.3. The SMILES string of the molecule is O=C(COC(c1ccccc1)(c1ccccc1)c1ccccc1)c1ccccc1Br. The predicted octanol–water partition coefficient (Wildman–Crippen LogP) is 6.64. The molecule has 0 aliphatic carbocycles. The van der Waals surface area contributed by atoms with Crippen molar-refractivity contribution < 1.29 is 9.53 Å². The van der Waals surface area contributed by atoms with Gasteiger partial charge in [-0.25, -0.2) is 0 Å². The van der Waals surface area contributed by atoms with E-state index in [-0.39, 0.29) is 12.4 Å². The molecule has 0 saturated heterocycles. The molecule has 0 N–H and O–H groups in total. The Morgan fingerprint density at radius 2 is 1.03 bits per heavy atom. The third kappa shape index (κ3) is 4.00. The molecular weight excluding hydrogens is 436 g/mol. The molecule has 0 radical (unpaired) electrons. The number of hydrogen-bond acceptors (Lipinski definition) is 2. The lowest BCUT2D eigenvalue weighted by atomic mass is 9.80. The maximum Gasteiger partial charge on any atom is 0.189 e. The number of halogens is 1. The van der Waals surface area contributed by atoms with Gasteiger partial charge in [0.25, 0.3) is 0 Å². The summed E-state index contributed by atoms with van der Waals surface area (Å²) in [5, 5.41) is 0. The molecule has 0 heterocycles. The zero-order valence-electron chi connectivity index (χ0n) is 16.4. The van der Waals surface area contributed by atoms with Gasteiger partial charge in [0.2, 0.25) is 0 Å². The van der Waals surface area contributed by atoms with Gasteiger partial charge in [-0.3, -0.25) is 4.79 Å². The molecular formula is C27H21BrO2. The molecule has 0 aliphatic rings. The number of hydrogen-bond donors (Lipinski definition) is 0. The number of Topliss-reactive ketones (excluding diaryl/α,β-unsaturated/α-hetero) is 1. The van der Waals surface area contributed by atoms with Crippen molar-refractivity contribution >= 4 is 21.7 Å². The topological polar surface area (TPSA) is 26.3 Å². The summed E-state index contributed by atoms with van der Waals surface area (Å²) in [6.45, 7) is -0.0543. The summed E-state index contributed by atoms with van der Waals surface area (Å²) in [4.78, 5) is 13.1. The molecule has 30 heavy (non-hydrogen) atoms. The van der Waals surface area contributed by atoms with Gasteiger partial charge in [-0.15, -0.1) is 0 Å². The number of ether oxygens (including phenoxy) is 1. The van der Waals surface area contributed by atoms with Crippen molar-refractivity contribution in [3.8, 4) is 0 Å². The van der Waals surface area contributed by atoms with Gasteiger partial charge >= 0.3 is 0 Å². The molecule has 0 saturated carbocycles. The van der Waals surface area contributed by atoms with Crippen LogP contribution >= 0.6 is 15.9 Å². The highest BCUT2D eigenvalue weighted by Crippen LogP contribution is 2.40. The number of ketones is 1. The van der Waals surface area contributed by atoms with Gasteiger partial charge in [0.15, 0.2) is 5.78 Å². The molecule has 0 unspecified atom stereocenters. The van der Waals surface area contributed by atoms with E-state index in [0.29, 0.717) is 5.56 Å². The lowest BCUT2D eigenvalue weighted by Gasteiger charge is -2.35. The maximum atomic E-state index is 13.1. The van der Waals surface area contributed by atoms with Gasteiger partial charge in [0.1, 0.15) is 12.2 Å². The van der Waals surface area contributed by atoms with Crippen LogP contribution < -0.4 is 0 Å². The normalized spacial score (nSPS) is 11.2. The van der Waals surface area contributed by atoms with E-state index in [4.69, 9.17) is 4.74 Å². The summed E-state index contributed by atoms with van der Waals surface area (Å²) in [6.07, 6.45) is 0. The van der Waals surface area contributed by atoms with E-state index in [2.05, 4.69) is 15.9 Å². The quantitative estimate of drug-likeness (QED) is 0.230. The molecule has 0 aliphatic heterocycles. The highest BCUT2D eigenvalue weighted by Gasteiger charge is 2.38. The number of carbonyl (C=O) groups excluding carboxylic acids is 1. The van der Waals surface area contributed by atoms with Gasteiger partial charge < -0.3 is 4.74 Å². The van der Waals surface area contributed by atoms with E-state index in [1.54, 1.807) is 0 Å². The van der Waals surface area contributed by atoms with Crippen LogP contribution in [0.25, 0.3) is 0 Å². The van der Waals surface area contributed by atoms with E-state index in [1.165, 1.54) is 0 Å². The lowest BCUT2D eigenvalue weighted by molar-refractivity contribution is 0.0164. The fourth-order valence-electron chi connectivity index (χ4n) is 3.71. The van der Waals surface area contributed by atoms with Crippen LogP contribution in [0, 0.1) is 0 Å². The Bertz CT molecular complexity index is 1010. The Hall–Kier alpha value is -3.01. The molecule has 2 nitrogen and oxygen atoms in total. The second-order valence-electron chi connectivity index (χ2n) is 6.97. The molecule has 4 aromatic carbocycles. The van der Waals surface area contributed by atoms with Crippen molar-refractivity contribution in [2.75, 3.05) is 6.61 Å². The van der Waals surface area contributed by atoms with Crippen molar-refractivity contribution in [2.45, 2.75) is 5.60 Å². The molecule has 0 fully saturated rings. The van der Waals surface area contributed by atoms with Crippen LogP contribution in [-0.2, 0) is 10.3 Å². The van der Waals surface area contributed by atoms with E-state index in [0.717, 1.165) is 21.2 Å². The third-order valence-electron chi connectivity index (χ3n) is 5.13. The zero-order valence-corrected chi connectivity index (χ0v) is 18.0. The summed E-state index contributed by atoms with van der Waals surface area (Å²) in [5.41, 5.74) is 2.63. The maximum absolute atomic E-state index is 13.1. The molecule has 0 bridgehead atoms. The average molecular weight is 457 g/mol. The standard InChI is InChI=1S/C27H21BrO2/c28-25-19-11-10-18-24(25)26(29)20-30-27(21-12-4-1-5-13-21,22-14-6-2-7-15-22)23-16-8-3-9-17-23/h1-19H,20H2. The highest BCUT2D eigenvalue weighted by molar-refractivity contribution is 9.10. The Labute approximate surface area is 185 Å². The second kappa shape index (κ2) is 9.21. The fraction of sp³-hybridized carbons (Fsp3) is 0.0741. The van der Waals surface area contributed by atoms with Gasteiger partial charge in [0.05, 0.1) is 0 Å².